The molecule has 2 aromatic rings. The Bertz CT molecular complexity index is 1360. The number of aliphatic hydroxyl groups is 2. The van der Waals surface area contributed by atoms with E-state index in [4.69, 9.17) is 22.7 Å². The van der Waals surface area contributed by atoms with E-state index in [1.807, 2.05) is 6.07 Å². The number of aliphatic hydroxyl groups excluding tert-OH is 2. The highest BCUT2D eigenvalue weighted by molar-refractivity contribution is 8.00. The molecule has 2 aromatic carbocycles. The number of ether oxygens (including phenoxy) is 1. The Labute approximate surface area is 221 Å². The summed E-state index contributed by atoms with van der Waals surface area (Å²) in [5.41, 5.74) is 5.55. The van der Waals surface area contributed by atoms with Gasteiger partial charge in [-0.05, 0) is 18.4 Å². The number of primary amides is 1. The van der Waals surface area contributed by atoms with Gasteiger partial charge in [0.2, 0.25) is 0 Å². The zero-order valence-electron chi connectivity index (χ0n) is 19.6. The number of nitrogens with two attached hydrogens (primary N) is 1. The predicted molar refractivity (Wildman–Crippen MR) is 139 cm³/mol. The standard InChI is InChI=1S/C26H24N2O7S2/c1-35-11-7-13(29)17-14(8-11)37-15-9-12-16(21(30)18(15)23(17)32)22(31)19(25(27)34)24(33)20(12)28-26(36)10-5-3-2-4-6-10/h2-8,12,15-16,18,20-21,29-31H,9H2,1H3,(H2,27,34)(H,28,36). The number of carbonyl (C=O) groups is 3. The second-order valence-corrected chi connectivity index (χ2v) is 11.0. The number of carbonyl (C=O) groups excluding carboxylic acids is 3. The van der Waals surface area contributed by atoms with E-state index in [1.165, 1.54) is 24.9 Å². The molecule has 1 fully saturated rings. The van der Waals surface area contributed by atoms with Crippen molar-refractivity contribution in [1.82, 2.24) is 5.32 Å². The Morgan fingerprint density at radius 3 is 2.49 bits per heavy atom. The van der Waals surface area contributed by atoms with Gasteiger partial charge in [-0.25, -0.2) is 0 Å². The van der Waals surface area contributed by atoms with Crippen LogP contribution >= 0.6 is 24.0 Å². The van der Waals surface area contributed by atoms with Crippen LogP contribution in [0.25, 0.3) is 0 Å². The summed E-state index contributed by atoms with van der Waals surface area (Å²) < 4.78 is 5.22. The lowest BCUT2D eigenvalue weighted by molar-refractivity contribution is -0.126. The predicted octanol–water partition coefficient (Wildman–Crippen LogP) is 1.88. The lowest BCUT2D eigenvalue weighted by Crippen LogP contribution is -2.61. The van der Waals surface area contributed by atoms with Crippen LogP contribution in [0.3, 0.4) is 0 Å². The maximum absolute atomic E-state index is 13.5. The van der Waals surface area contributed by atoms with Crippen molar-refractivity contribution in [3.05, 3.63) is 64.9 Å². The molecule has 5 rings (SSSR count). The van der Waals surface area contributed by atoms with Crippen LogP contribution in [0.4, 0.5) is 0 Å². The maximum atomic E-state index is 13.5. The van der Waals surface area contributed by atoms with E-state index in [0.717, 1.165) is 0 Å². The Morgan fingerprint density at radius 1 is 1.14 bits per heavy atom. The number of hydrogen-bond donors (Lipinski definition) is 5. The third-order valence-corrected chi connectivity index (χ3v) is 9.04. The van der Waals surface area contributed by atoms with Crippen molar-refractivity contribution in [3.63, 3.8) is 0 Å². The molecule has 0 saturated heterocycles. The molecule has 37 heavy (non-hydrogen) atoms. The minimum absolute atomic E-state index is 0.0648. The second kappa shape index (κ2) is 9.47. The third-order valence-electron chi connectivity index (χ3n) is 7.32. The number of phenolic OH excluding ortho intramolecular Hbond substituents is 1. The van der Waals surface area contributed by atoms with Gasteiger partial charge in [-0.15, -0.1) is 11.8 Å². The number of nitrogens with one attached hydrogen (secondary N) is 1. The monoisotopic (exact) mass is 540 g/mol. The van der Waals surface area contributed by atoms with E-state index in [1.54, 1.807) is 30.3 Å². The highest BCUT2D eigenvalue weighted by atomic mass is 32.2. The molecule has 0 bridgehead atoms. The van der Waals surface area contributed by atoms with Crippen LogP contribution in [0.2, 0.25) is 0 Å². The van der Waals surface area contributed by atoms with E-state index >= 15 is 0 Å². The van der Waals surface area contributed by atoms with Crippen molar-refractivity contribution < 1.29 is 34.4 Å². The summed E-state index contributed by atoms with van der Waals surface area (Å²) in [5.74, 6) is -5.68. The van der Waals surface area contributed by atoms with Gasteiger partial charge in [0, 0.05) is 27.7 Å². The lowest BCUT2D eigenvalue weighted by Gasteiger charge is -2.49. The van der Waals surface area contributed by atoms with Crippen molar-refractivity contribution in [2.45, 2.75) is 28.7 Å². The van der Waals surface area contributed by atoms with Crippen molar-refractivity contribution in [2.24, 2.45) is 23.5 Å². The van der Waals surface area contributed by atoms with Crippen LogP contribution in [0, 0.1) is 17.8 Å². The van der Waals surface area contributed by atoms with E-state index in [9.17, 15) is 29.7 Å². The number of ketones is 2. The zero-order valence-corrected chi connectivity index (χ0v) is 21.2. The van der Waals surface area contributed by atoms with E-state index < -0.39 is 64.0 Å². The van der Waals surface area contributed by atoms with Gasteiger partial charge in [-0.1, -0.05) is 42.5 Å². The van der Waals surface area contributed by atoms with E-state index in [-0.39, 0.29) is 22.7 Å². The van der Waals surface area contributed by atoms with Gasteiger partial charge >= 0.3 is 0 Å². The van der Waals surface area contributed by atoms with Crippen molar-refractivity contribution in [2.75, 3.05) is 7.11 Å². The number of Topliss-reactive ketones (excluding diaryl/α,β-unsaturated/α-hetero) is 2. The SMILES string of the molecule is COc1cc(O)c2c(c1)SC1CC3C(NC(=S)c4ccccc4)C(=O)C(C(N)=O)=C(O)C3C(O)C1C2=O. The van der Waals surface area contributed by atoms with Gasteiger partial charge in [0.25, 0.3) is 5.91 Å². The molecule has 0 spiro atoms. The minimum Gasteiger partial charge on any atom is -0.511 e. The summed E-state index contributed by atoms with van der Waals surface area (Å²) >= 11 is 6.81. The molecule has 1 amide bonds. The summed E-state index contributed by atoms with van der Waals surface area (Å²) in [7, 11) is 1.44. The molecule has 2 aliphatic carbocycles. The number of benzene rings is 2. The van der Waals surface area contributed by atoms with Crippen molar-refractivity contribution in [3.8, 4) is 11.5 Å². The van der Waals surface area contributed by atoms with Crippen molar-refractivity contribution in [1.29, 1.82) is 0 Å². The van der Waals surface area contributed by atoms with E-state index in [2.05, 4.69) is 5.32 Å². The molecule has 6 N–H and O–H groups in total. The Morgan fingerprint density at radius 2 is 1.84 bits per heavy atom. The topological polar surface area (TPSA) is 159 Å². The van der Waals surface area contributed by atoms with Crippen LogP contribution in [0.1, 0.15) is 22.3 Å². The van der Waals surface area contributed by atoms with Gasteiger partial charge in [0.1, 0.15) is 27.8 Å². The fraction of sp³-hybridized carbons (Fsp3) is 0.308. The maximum Gasteiger partial charge on any atom is 0.255 e. The van der Waals surface area contributed by atoms with Gasteiger partial charge in [-0.3, -0.25) is 14.4 Å². The average Bonchev–Trinajstić information content (AvgIpc) is 2.85. The van der Waals surface area contributed by atoms with Gasteiger partial charge in [0.15, 0.2) is 11.6 Å². The molecular formula is C26H24N2O7S2. The number of thiocarbonyl (C=S) groups is 1. The first-order valence-electron chi connectivity index (χ1n) is 11.6. The lowest BCUT2D eigenvalue weighted by atomic mass is 9.62. The first kappa shape index (κ1) is 25.2. The second-order valence-electron chi connectivity index (χ2n) is 9.29. The Balaban J connectivity index is 1.57. The first-order chi connectivity index (χ1) is 17.6. The summed E-state index contributed by atoms with van der Waals surface area (Å²) in [6.07, 6.45) is -1.22. The normalized spacial score (nSPS) is 28.6. The van der Waals surface area contributed by atoms with Crippen molar-refractivity contribution >= 4 is 46.4 Å². The zero-order chi connectivity index (χ0) is 26.6. The first-order valence-corrected chi connectivity index (χ1v) is 12.9. The molecule has 6 unspecified atom stereocenters. The highest BCUT2D eigenvalue weighted by Crippen LogP contribution is 2.54. The Kier molecular flexibility index (Phi) is 6.47. The molecule has 1 saturated carbocycles. The quantitative estimate of drug-likeness (QED) is 0.286. The van der Waals surface area contributed by atoms with Crippen LogP contribution < -0.4 is 15.8 Å². The summed E-state index contributed by atoms with van der Waals surface area (Å²) in [6.45, 7) is 0. The number of thioether (sulfide) groups is 1. The molecular weight excluding hydrogens is 516 g/mol. The number of hydrogen-bond acceptors (Lipinski definition) is 9. The molecule has 3 aliphatic rings. The largest absolute Gasteiger partial charge is 0.511 e. The number of fused-ring (bicyclic) bond motifs is 3. The molecule has 1 heterocycles. The summed E-state index contributed by atoms with van der Waals surface area (Å²) in [5, 5.41) is 35.5. The van der Waals surface area contributed by atoms with Crippen LogP contribution in [0.5, 0.6) is 11.5 Å². The molecule has 9 nitrogen and oxygen atoms in total. The smallest absolute Gasteiger partial charge is 0.255 e. The van der Waals surface area contributed by atoms with Gasteiger partial charge in [-0.2, -0.15) is 0 Å². The molecule has 1 aliphatic heterocycles. The number of methoxy groups -OCH3 is 1. The number of aromatic hydroxyl groups is 1. The van der Waals surface area contributed by atoms with Gasteiger partial charge in [0.05, 0.1) is 30.7 Å². The molecule has 0 radical (unpaired) electrons. The highest BCUT2D eigenvalue weighted by Gasteiger charge is 2.58. The van der Waals surface area contributed by atoms with Gasteiger partial charge < -0.3 is 31.1 Å². The summed E-state index contributed by atoms with van der Waals surface area (Å²) in [6, 6.07) is 10.8. The Hall–Kier alpha value is -3.41. The average molecular weight is 541 g/mol. The summed E-state index contributed by atoms with van der Waals surface area (Å²) in [4.78, 5) is 39.9. The molecule has 0 aromatic heterocycles. The number of rotatable bonds is 4. The fourth-order valence-corrected chi connectivity index (χ4v) is 7.50. The van der Waals surface area contributed by atoms with Crippen LogP contribution in [0.15, 0.2) is 58.7 Å². The third kappa shape index (κ3) is 4.07. The molecule has 11 heteroatoms. The molecule has 192 valence electrons. The minimum atomic E-state index is -1.45. The van der Waals surface area contributed by atoms with Crippen LogP contribution in [-0.2, 0) is 9.59 Å². The van der Waals surface area contributed by atoms with E-state index in [0.29, 0.717) is 16.2 Å². The number of amides is 1. The fourth-order valence-electron chi connectivity index (χ4n) is 5.65. The van der Waals surface area contributed by atoms with Crippen LogP contribution in [-0.4, -0.2) is 62.3 Å². The number of phenols is 1. The molecule has 6 atom stereocenters.